The number of carboxylic acid groups (broad SMARTS) is 1. The van der Waals surface area contributed by atoms with Crippen LogP contribution in [-0.2, 0) is 11.2 Å². The molecule has 0 bridgehead atoms. The molecule has 0 fully saturated rings. The van der Waals surface area contributed by atoms with Crippen molar-refractivity contribution in [3.05, 3.63) is 53.6 Å². The minimum Gasteiger partial charge on any atom is -0.507 e. The van der Waals surface area contributed by atoms with E-state index in [1.54, 1.807) is 12.1 Å². The number of hydrogen-bond acceptors (Lipinski definition) is 6. The molecule has 0 radical (unpaired) electrons. The van der Waals surface area contributed by atoms with Gasteiger partial charge in [0.05, 0.1) is 5.56 Å². The normalized spacial score (nSPS) is 12.5. The number of nitrogens with two attached hydrogens (primary N) is 1. The standard InChI is InChI=1S/C18H20N2O6.ClH/c19-18(17(25)26,10-11-5-6-14(22)15(23)9-11)7-8-20-16(24)12-3-1-2-4-13(12)21;/h1-6,9,21-23H,7-8,10,19H2,(H,20,24)(H,25,26);1H/t18-;/m1./s1. The summed E-state index contributed by atoms with van der Waals surface area (Å²) in [5.41, 5.74) is 4.79. The second-order valence-electron chi connectivity index (χ2n) is 5.98. The van der Waals surface area contributed by atoms with Gasteiger partial charge in [0.1, 0.15) is 11.3 Å². The maximum absolute atomic E-state index is 12.0. The third-order valence-corrected chi connectivity index (χ3v) is 3.99. The molecule has 2 aromatic rings. The molecule has 0 aromatic heterocycles. The fourth-order valence-electron chi connectivity index (χ4n) is 2.47. The van der Waals surface area contributed by atoms with Crippen LogP contribution in [0.15, 0.2) is 42.5 Å². The van der Waals surface area contributed by atoms with Crippen molar-refractivity contribution >= 4 is 24.3 Å². The maximum atomic E-state index is 12.0. The summed E-state index contributed by atoms with van der Waals surface area (Å²) < 4.78 is 0. The molecule has 2 aromatic carbocycles. The Labute approximate surface area is 161 Å². The molecule has 2 rings (SSSR count). The van der Waals surface area contributed by atoms with Gasteiger partial charge in [-0.25, -0.2) is 0 Å². The first-order valence-electron chi connectivity index (χ1n) is 7.82. The first-order valence-corrected chi connectivity index (χ1v) is 7.82. The molecular weight excluding hydrogens is 376 g/mol. The average Bonchev–Trinajstić information content (AvgIpc) is 2.58. The van der Waals surface area contributed by atoms with E-state index in [0.717, 1.165) is 0 Å². The minimum absolute atomic E-state index is 0. The maximum Gasteiger partial charge on any atom is 0.324 e. The number of benzene rings is 2. The summed E-state index contributed by atoms with van der Waals surface area (Å²) in [5, 5.41) is 40.5. The predicted octanol–water partition coefficient (Wildman–Crippen LogP) is 1.37. The van der Waals surface area contributed by atoms with Gasteiger partial charge in [-0.3, -0.25) is 9.59 Å². The monoisotopic (exact) mass is 396 g/mol. The van der Waals surface area contributed by atoms with E-state index in [1.165, 1.54) is 30.3 Å². The highest BCUT2D eigenvalue weighted by molar-refractivity contribution is 5.96. The summed E-state index contributed by atoms with van der Waals surface area (Å²) in [5.74, 6) is -2.67. The van der Waals surface area contributed by atoms with Gasteiger partial charge in [0.15, 0.2) is 11.5 Å². The number of rotatable bonds is 7. The Morgan fingerprint density at radius 1 is 1.00 bits per heavy atom. The number of carbonyl (C=O) groups excluding carboxylic acids is 1. The lowest BCUT2D eigenvalue weighted by atomic mass is 9.88. The molecule has 1 amide bonds. The molecule has 146 valence electrons. The van der Waals surface area contributed by atoms with E-state index in [9.17, 15) is 30.0 Å². The van der Waals surface area contributed by atoms with Gasteiger partial charge < -0.3 is 31.5 Å². The first kappa shape index (κ1) is 22.1. The zero-order valence-corrected chi connectivity index (χ0v) is 15.1. The van der Waals surface area contributed by atoms with Crippen LogP contribution in [0, 0.1) is 0 Å². The topological polar surface area (TPSA) is 153 Å². The SMILES string of the molecule is Cl.N[C@](CCNC(=O)c1ccccc1O)(Cc1ccc(O)c(O)c1)C(=O)O. The third kappa shape index (κ3) is 5.50. The molecule has 0 aliphatic heterocycles. The molecule has 1 atom stereocenters. The van der Waals surface area contributed by atoms with Crippen molar-refractivity contribution in [3.8, 4) is 17.2 Å². The molecule has 0 aliphatic carbocycles. The first-order chi connectivity index (χ1) is 12.2. The fraction of sp³-hybridized carbons (Fsp3) is 0.222. The second kappa shape index (κ2) is 9.11. The summed E-state index contributed by atoms with van der Waals surface area (Å²) in [6, 6.07) is 9.92. The van der Waals surface area contributed by atoms with Gasteiger partial charge in [-0.15, -0.1) is 12.4 Å². The predicted molar refractivity (Wildman–Crippen MR) is 100 cm³/mol. The molecule has 7 N–H and O–H groups in total. The smallest absolute Gasteiger partial charge is 0.324 e. The molecule has 0 heterocycles. The molecule has 0 saturated carbocycles. The Balaban J connectivity index is 0.00000364. The highest BCUT2D eigenvalue weighted by Gasteiger charge is 2.34. The molecule has 9 heteroatoms. The van der Waals surface area contributed by atoms with Gasteiger partial charge in [-0.2, -0.15) is 0 Å². The lowest BCUT2D eigenvalue weighted by Gasteiger charge is -2.25. The lowest BCUT2D eigenvalue weighted by molar-refractivity contribution is -0.143. The zero-order chi connectivity index (χ0) is 19.3. The van der Waals surface area contributed by atoms with E-state index in [2.05, 4.69) is 5.32 Å². The molecule has 8 nitrogen and oxygen atoms in total. The van der Waals surface area contributed by atoms with Crippen LogP contribution in [0.4, 0.5) is 0 Å². The van der Waals surface area contributed by atoms with Crippen molar-refractivity contribution < 1.29 is 30.0 Å². The number of nitrogens with one attached hydrogen (secondary N) is 1. The van der Waals surface area contributed by atoms with Crippen molar-refractivity contribution in [2.24, 2.45) is 5.73 Å². The summed E-state index contributed by atoms with van der Waals surface area (Å²) in [7, 11) is 0. The van der Waals surface area contributed by atoms with Crippen LogP contribution in [0.3, 0.4) is 0 Å². The van der Waals surface area contributed by atoms with Crippen molar-refractivity contribution in [1.82, 2.24) is 5.32 Å². The van der Waals surface area contributed by atoms with E-state index in [1.807, 2.05) is 0 Å². The summed E-state index contributed by atoms with van der Waals surface area (Å²) >= 11 is 0. The number of phenolic OH excluding ortho intramolecular Hbond substituents is 3. The number of phenols is 3. The molecule has 27 heavy (non-hydrogen) atoms. The number of aromatic hydroxyl groups is 3. The number of amides is 1. The number of aliphatic carboxylic acids is 1. The molecule has 0 saturated heterocycles. The average molecular weight is 397 g/mol. The van der Waals surface area contributed by atoms with Gasteiger partial charge >= 0.3 is 5.97 Å². The second-order valence-corrected chi connectivity index (χ2v) is 5.98. The Hall–Kier alpha value is -2.97. The van der Waals surface area contributed by atoms with E-state index in [-0.39, 0.29) is 54.6 Å². The summed E-state index contributed by atoms with van der Waals surface area (Å²) in [6.45, 7) is -0.0277. The van der Waals surface area contributed by atoms with E-state index in [4.69, 9.17) is 5.73 Å². The largest absolute Gasteiger partial charge is 0.507 e. The lowest BCUT2D eigenvalue weighted by Crippen LogP contribution is -2.52. The van der Waals surface area contributed by atoms with Gasteiger partial charge in [0, 0.05) is 13.0 Å². The van der Waals surface area contributed by atoms with Crippen molar-refractivity contribution in [2.75, 3.05) is 6.54 Å². The molecule has 0 aliphatic rings. The molecule has 0 spiro atoms. The number of halogens is 1. The van der Waals surface area contributed by atoms with Crippen LogP contribution in [0.1, 0.15) is 22.3 Å². The Bertz CT molecular complexity index is 829. The zero-order valence-electron chi connectivity index (χ0n) is 14.3. The highest BCUT2D eigenvalue weighted by atomic mass is 35.5. The van der Waals surface area contributed by atoms with Crippen LogP contribution in [-0.4, -0.2) is 44.4 Å². The highest BCUT2D eigenvalue weighted by Crippen LogP contribution is 2.27. The Morgan fingerprint density at radius 3 is 2.26 bits per heavy atom. The van der Waals surface area contributed by atoms with Gasteiger partial charge in [0.25, 0.3) is 5.91 Å². The van der Waals surface area contributed by atoms with Crippen LogP contribution in [0.5, 0.6) is 17.2 Å². The number of para-hydroxylation sites is 1. The number of hydrogen-bond donors (Lipinski definition) is 6. The van der Waals surface area contributed by atoms with Crippen molar-refractivity contribution in [1.29, 1.82) is 0 Å². The van der Waals surface area contributed by atoms with Crippen LogP contribution >= 0.6 is 12.4 Å². The van der Waals surface area contributed by atoms with Crippen LogP contribution in [0.2, 0.25) is 0 Å². The van der Waals surface area contributed by atoms with Crippen molar-refractivity contribution in [3.63, 3.8) is 0 Å². The van der Waals surface area contributed by atoms with Gasteiger partial charge in [-0.05, 0) is 36.2 Å². The van der Waals surface area contributed by atoms with Crippen LogP contribution in [0.25, 0.3) is 0 Å². The van der Waals surface area contributed by atoms with Gasteiger partial charge in [0.2, 0.25) is 0 Å². The Morgan fingerprint density at radius 2 is 1.67 bits per heavy atom. The van der Waals surface area contributed by atoms with Crippen molar-refractivity contribution in [2.45, 2.75) is 18.4 Å². The van der Waals surface area contributed by atoms with E-state index < -0.39 is 17.4 Å². The van der Waals surface area contributed by atoms with Crippen LogP contribution < -0.4 is 11.1 Å². The molecular formula is C18H21ClN2O6. The van der Waals surface area contributed by atoms with Gasteiger partial charge in [-0.1, -0.05) is 18.2 Å². The Kier molecular flexibility index (Phi) is 7.45. The number of carboxylic acids is 1. The molecule has 0 unspecified atom stereocenters. The fourth-order valence-corrected chi connectivity index (χ4v) is 2.47. The quantitative estimate of drug-likeness (QED) is 0.386. The van der Waals surface area contributed by atoms with E-state index >= 15 is 0 Å². The summed E-state index contributed by atoms with van der Waals surface area (Å²) in [4.78, 5) is 23.6. The summed E-state index contributed by atoms with van der Waals surface area (Å²) in [6.07, 6.45) is -0.189. The minimum atomic E-state index is -1.69. The number of carbonyl (C=O) groups is 2. The van der Waals surface area contributed by atoms with E-state index in [0.29, 0.717) is 5.56 Å². The third-order valence-electron chi connectivity index (χ3n) is 3.99.